The second-order valence-electron chi connectivity index (χ2n) is 7.74. The Morgan fingerprint density at radius 2 is 1.88 bits per heavy atom. The molecule has 2 aliphatic carbocycles. The number of amides is 1. The highest BCUT2D eigenvalue weighted by Gasteiger charge is 2.39. The van der Waals surface area contributed by atoms with E-state index in [9.17, 15) is 4.79 Å². The lowest BCUT2D eigenvalue weighted by atomic mass is 9.89. The molecule has 2 atom stereocenters. The molecule has 4 nitrogen and oxygen atoms in total. The fraction of sp³-hybridized carbons (Fsp3) is 0.571. The van der Waals surface area contributed by atoms with Gasteiger partial charge in [-0.15, -0.1) is 11.3 Å². The van der Waals surface area contributed by atoms with Crippen molar-refractivity contribution in [2.75, 3.05) is 13.2 Å². The number of fused-ring (bicyclic) bond motifs is 2. The van der Waals surface area contributed by atoms with Crippen molar-refractivity contribution in [1.29, 1.82) is 0 Å². The van der Waals surface area contributed by atoms with E-state index in [1.807, 2.05) is 23.5 Å². The van der Waals surface area contributed by atoms with Crippen molar-refractivity contribution in [2.45, 2.75) is 63.5 Å². The molecule has 1 amide bonds. The van der Waals surface area contributed by atoms with E-state index in [-0.39, 0.29) is 18.1 Å². The van der Waals surface area contributed by atoms with Gasteiger partial charge in [-0.2, -0.15) is 0 Å². The summed E-state index contributed by atoms with van der Waals surface area (Å²) >= 11 is 1.83. The van der Waals surface area contributed by atoms with Crippen LogP contribution in [-0.2, 0) is 17.6 Å². The number of rotatable bonds is 2. The molecule has 0 N–H and O–H groups in total. The van der Waals surface area contributed by atoms with Crippen LogP contribution < -0.4 is 0 Å². The first-order valence-corrected chi connectivity index (χ1v) is 10.8. The van der Waals surface area contributed by atoms with Gasteiger partial charge in [0, 0.05) is 23.8 Å². The average molecular weight is 371 g/mol. The van der Waals surface area contributed by atoms with Crippen LogP contribution in [0.1, 0.15) is 59.3 Å². The molecule has 2 aromatic heterocycles. The Morgan fingerprint density at radius 3 is 2.77 bits per heavy atom. The molecule has 2 unspecified atom stereocenters. The quantitative estimate of drug-likeness (QED) is 0.794. The summed E-state index contributed by atoms with van der Waals surface area (Å²) in [4.78, 5) is 17.3. The number of hydrogen-bond donors (Lipinski definition) is 0. The van der Waals surface area contributed by atoms with Crippen LogP contribution in [-0.4, -0.2) is 40.7 Å². The summed E-state index contributed by atoms with van der Waals surface area (Å²) in [6.07, 6.45) is 13.6. The molecule has 1 saturated carbocycles. The third-order valence-electron chi connectivity index (χ3n) is 6.20. The number of ether oxygens (including phenoxy) is 1. The molecule has 5 heteroatoms. The van der Waals surface area contributed by atoms with E-state index >= 15 is 0 Å². The number of thiophene rings is 1. The van der Waals surface area contributed by atoms with E-state index in [1.54, 1.807) is 0 Å². The number of nitrogens with zero attached hydrogens (tertiary/aromatic N) is 2. The zero-order valence-electron chi connectivity index (χ0n) is 15.2. The van der Waals surface area contributed by atoms with Crippen molar-refractivity contribution in [2.24, 2.45) is 0 Å². The Bertz CT molecular complexity index is 793. The summed E-state index contributed by atoms with van der Waals surface area (Å²) in [5.74, 6) is 0.244. The zero-order chi connectivity index (χ0) is 17.5. The van der Waals surface area contributed by atoms with Gasteiger partial charge in [0.15, 0.2) is 0 Å². The second kappa shape index (κ2) is 6.86. The van der Waals surface area contributed by atoms with Crippen LogP contribution in [0.15, 0.2) is 24.5 Å². The van der Waals surface area contributed by atoms with E-state index in [2.05, 4.69) is 21.9 Å². The predicted molar refractivity (Wildman–Crippen MR) is 103 cm³/mol. The predicted octanol–water partition coefficient (Wildman–Crippen LogP) is 4.20. The fourth-order valence-corrected chi connectivity index (χ4v) is 6.26. The Balaban J connectivity index is 1.56. The number of aryl methyl sites for hydroxylation is 1. The molecule has 2 aromatic rings. The van der Waals surface area contributed by atoms with Gasteiger partial charge < -0.3 is 14.2 Å². The number of carbonyl (C=O) groups is 1. The summed E-state index contributed by atoms with van der Waals surface area (Å²) < 4.78 is 8.13. The molecule has 3 aliphatic rings. The van der Waals surface area contributed by atoms with Crippen LogP contribution in [0.4, 0.5) is 0 Å². The van der Waals surface area contributed by atoms with Gasteiger partial charge in [0.1, 0.15) is 5.00 Å². The highest BCUT2D eigenvalue weighted by atomic mass is 32.1. The standard InChI is InChI=1S/C21H26N2O2S/c24-20(23-13-14-25-17-9-3-2-8-16(17)23)19-15-7-1-4-10-18(15)26-21(19)22-11-5-6-12-22/h5-6,11-12,16-17H,1-4,7-10,13-14H2. The van der Waals surface area contributed by atoms with Gasteiger partial charge in [-0.1, -0.05) is 12.8 Å². The second-order valence-corrected chi connectivity index (χ2v) is 8.82. The lowest BCUT2D eigenvalue weighted by Gasteiger charge is -2.44. The normalized spacial score (nSPS) is 25.6. The van der Waals surface area contributed by atoms with Gasteiger partial charge in [-0.3, -0.25) is 4.79 Å². The van der Waals surface area contributed by atoms with Crippen LogP contribution in [0.2, 0.25) is 0 Å². The minimum atomic E-state index is 0.242. The first-order valence-electron chi connectivity index (χ1n) is 10.0. The average Bonchev–Trinajstić information content (AvgIpc) is 3.34. The molecular weight excluding hydrogens is 344 g/mol. The zero-order valence-corrected chi connectivity index (χ0v) is 16.0. The first-order chi connectivity index (χ1) is 12.8. The van der Waals surface area contributed by atoms with Crippen molar-refractivity contribution < 1.29 is 9.53 Å². The molecule has 5 rings (SSSR count). The van der Waals surface area contributed by atoms with Crippen molar-refractivity contribution >= 4 is 17.2 Å². The van der Waals surface area contributed by atoms with Crippen molar-refractivity contribution in [1.82, 2.24) is 9.47 Å². The molecule has 0 bridgehead atoms. The SMILES string of the molecule is O=C(c1c(-n2cccc2)sc2c1CCCC2)N1CCOC2CCCCC21. The topological polar surface area (TPSA) is 34.5 Å². The van der Waals surface area contributed by atoms with Gasteiger partial charge in [-0.25, -0.2) is 0 Å². The maximum Gasteiger partial charge on any atom is 0.257 e. The molecule has 0 radical (unpaired) electrons. The summed E-state index contributed by atoms with van der Waals surface area (Å²) in [5.41, 5.74) is 2.31. The summed E-state index contributed by atoms with van der Waals surface area (Å²) in [5, 5.41) is 1.12. The number of aromatic nitrogens is 1. The Labute approximate surface area is 158 Å². The van der Waals surface area contributed by atoms with Crippen LogP contribution in [0, 0.1) is 0 Å². The number of hydrogen-bond acceptors (Lipinski definition) is 3. The van der Waals surface area contributed by atoms with E-state index in [0.717, 1.165) is 42.8 Å². The molecule has 0 aromatic carbocycles. The lowest BCUT2D eigenvalue weighted by molar-refractivity contribution is -0.0752. The van der Waals surface area contributed by atoms with Crippen LogP contribution in [0.3, 0.4) is 0 Å². The van der Waals surface area contributed by atoms with Gasteiger partial charge in [0.25, 0.3) is 5.91 Å². The van der Waals surface area contributed by atoms with E-state index in [0.29, 0.717) is 6.61 Å². The van der Waals surface area contributed by atoms with Crippen LogP contribution in [0.5, 0.6) is 0 Å². The smallest absolute Gasteiger partial charge is 0.257 e. The van der Waals surface area contributed by atoms with E-state index < -0.39 is 0 Å². The maximum absolute atomic E-state index is 13.8. The highest BCUT2D eigenvalue weighted by Crippen LogP contribution is 2.39. The van der Waals surface area contributed by atoms with E-state index in [4.69, 9.17) is 4.74 Å². The highest BCUT2D eigenvalue weighted by molar-refractivity contribution is 7.15. The minimum Gasteiger partial charge on any atom is -0.374 e. The molecule has 1 saturated heterocycles. The van der Waals surface area contributed by atoms with E-state index in [1.165, 1.54) is 36.1 Å². The van der Waals surface area contributed by atoms with Gasteiger partial charge in [0.05, 0.1) is 24.3 Å². The summed E-state index contributed by atoms with van der Waals surface area (Å²) in [6.45, 7) is 1.41. The Morgan fingerprint density at radius 1 is 1.08 bits per heavy atom. The molecule has 3 heterocycles. The first kappa shape index (κ1) is 16.6. The fourth-order valence-electron chi connectivity index (χ4n) is 4.92. The Hall–Kier alpha value is -1.59. The van der Waals surface area contributed by atoms with Crippen LogP contribution >= 0.6 is 11.3 Å². The minimum absolute atomic E-state index is 0.242. The maximum atomic E-state index is 13.8. The van der Waals surface area contributed by atoms with Gasteiger partial charge in [-0.05, 0) is 56.2 Å². The number of carbonyl (C=O) groups excluding carboxylic acids is 1. The lowest BCUT2D eigenvalue weighted by Crippen LogP contribution is -2.55. The molecule has 2 fully saturated rings. The summed E-state index contributed by atoms with van der Waals surface area (Å²) in [6, 6.07) is 4.35. The largest absolute Gasteiger partial charge is 0.374 e. The number of morpholine rings is 1. The van der Waals surface area contributed by atoms with Gasteiger partial charge in [0.2, 0.25) is 0 Å². The van der Waals surface area contributed by atoms with Crippen molar-refractivity contribution in [3.63, 3.8) is 0 Å². The van der Waals surface area contributed by atoms with Gasteiger partial charge >= 0.3 is 0 Å². The third-order valence-corrected chi connectivity index (χ3v) is 7.50. The Kier molecular flexibility index (Phi) is 4.37. The van der Waals surface area contributed by atoms with Crippen LogP contribution in [0.25, 0.3) is 5.00 Å². The monoisotopic (exact) mass is 370 g/mol. The van der Waals surface area contributed by atoms with Crippen molar-refractivity contribution in [3.8, 4) is 5.00 Å². The molecule has 138 valence electrons. The molecular formula is C21H26N2O2S. The molecule has 1 aliphatic heterocycles. The molecule has 0 spiro atoms. The van der Waals surface area contributed by atoms with Crippen molar-refractivity contribution in [3.05, 3.63) is 40.5 Å². The summed E-state index contributed by atoms with van der Waals surface area (Å²) in [7, 11) is 0. The molecule has 26 heavy (non-hydrogen) atoms. The third kappa shape index (κ3) is 2.72.